The molecule has 2 fully saturated rings. The molecule has 4 rings (SSSR count). The third kappa shape index (κ3) is 2.63. The summed E-state index contributed by atoms with van der Waals surface area (Å²) in [5.74, 6) is 0.395. The lowest BCUT2D eigenvalue weighted by molar-refractivity contribution is 0.112. The van der Waals surface area contributed by atoms with Crippen LogP contribution in [0.1, 0.15) is 26.7 Å². The maximum Gasteiger partial charge on any atom is 0.410 e. The van der Waals surface area contributed by atoms with E-state index >= 15 is 0 Å². The lowest BCUT2D eigenvalue weighted by Crippen LogP contribution is -2.41. The van der Waals surface area contributed by atoms with Gasteiger partial charge in [-0.15, -0.1) is 0 Å². The van der Waals surface area contributed by atoms with E-state index in [0.29, 0.717) is 31.7 Å². The van der Waals surface area contributed by atoms with Gasteiger partial charge < -0.3 is 14.4 Å². The first-order valence-corrected chi connectivity index (χ1v) is 8.41. The van der Waals surface area contributed by atoms with Crippen molar-refractivity contribution in [2.24, 2.45) is 10.9 Å². The molecular weight excluding hydrogens is 292 g/mol. The topological polar surface area (TPSA) is 54.4 Å². The van der Waals surface area contributed by atoms with Crippen molar-refractivity contribution in [1.29, 1.82) is 0 Å². The predicted molar refractivity (Wildman–Crippen MR) is 87.4 cm³/mol. The summed E-state index contributed by atoms with van der Waals surface area (Å²) in [5, 5.41) is 0. The van der Waals surface area contributed by atoms with Crippen molar-refractivity contribution in [2.75, 3.05) is 26.3 Å². The molecule has 122 valence electrons. The fraction of sp³-hybridized carbons (Fsp3) is 0.556. The molecule has 0 N–H and O–H groups in total. The van der Waals surface area contributed by atoms with Gasteiger partial charge in [0.15, 0.2) is 0 Å². The molecule has 5 nitrogen and oxygen atoms in total. The lowest BCUT2D eigenvalue weighted by Gasteiger charge is -2.29. The Morgan fingerprint density at radius 1 is 1.52 bits per heavy atom. The Bertz CT molecular complexity index is 668. The van der Waals surface area contributed by atoms with Crippen LogP contribution >= 0.6 is 0 Å². The molecular formula is C18H22N2O3. The second-order valence-electron chi connectivity index (χ2n) is 6.51. The largest absolute Gasteiger partial charge is 0.450 e. The number of carbonyl (C=O) groups is 1. The fourth-order valence-corrected chi connectivity index (χ4v) is 3.67. The smallest absolute Gasteiger partial charge is 0.410 e. The number of amides is 1. The van der Waals surface area contributed by atoms with Crippen molar-refractivity contribution in [3.05, 3.63) is 34.6 Å². The predicted octanol–water partition coefficient (Wildman–Crippen LogP) is 2.85. The Kier molecular flexibility index (Phi) is 3.60. The van der Waals surface area contributed by atoms with Gasteiger partial charge in [-0.2, -0.15) is 0 Å². The van der Waals surface area contributed by atoms with E-state index in [1.54, 1.807) is 4.90 Å². The molecule has 3 aliphatic heterocycles. The van der Waals surface area contributed by atoms with Crippen molar-refractivity contribution in [2.45, 2.75) is 32.8 Å². The van der Waals surface area contributed by atoms with Crippen molar-refractivity contribution < 1.29 is 14.3 Å². The van der Waals surface area contributed by atoms with E-state index < -0.39 is 0 Å². The van der Waals surface area contributed by atoms with Crippen molar-refractivity contribution >= 4 is 11.8 Å². The summed E-state index contributed by atoms with van der Waals surface area (Å²) < 4.78 is 10.5. The highest BCUT2D eigenvalue weighted by molar-refractivity contribution is 6.08. The number of likely N-dealkylation sites (tertiary alicyclic amines) is 1. The summed E-state index contributed by atoms with van der Waals surface area (Å²) in [6, 6.07) is 0. The van der Waals surface area contributed by atoms with E-state index in [-0.39, 0.29) is 6.09 Å². The number of aliphatic imine (C=N–C) groups is 1. The molecule has 0 spiro atoms. The molecule has 0 aromatic carbocycles. The minimum Gasteiger partial charge on any atom is -0.450 e. The fourth-order valence-electron chi connectivity index (χ4n) is 3.67. The molecule has 0 aromatic heterocycles. The first-order chi connectivity index (χ1) is 11.2. The summed E-state index contributed by atoms with van der Waals surface area (Å²) in [7, 11) is 0. The number of allylic oxidation sites excluding steroid dienone is 4. The number of hydrogen-bond donors (Lipinski definition) is 0. The van der Waals surface area contributed by atoms with Crippen LogP contribution in [0.15, 0.2) is 39.6 Å². The minimum absolute atomic E-state index is 0.235. The molecule has 2 unspecified atom stereocenters. The quantitative estimate of drug-likeness (QED) is 0.753. The third-order valence-corrected chi connectivity index (χ3v) is 4.92. The normalized spacial score (nSPS) is 28.6. The maximum atomic E-state index is 12.0. The van der Waals surface area contributed by atoms with Crippen LogP contribution in [0, 0.1) is 5.92 Å². The van der Waals surface area contributed by atoms with Gasteiger partial charge in [0.1, 0.15) is 0 Å². The van der Waals surface area contributed by atoms with Gasteiger partial charge >= 0.3 is 6.09 Å². The Morgan fingerprint density at radius 2 is 2.35 bits per heavy atom. The highest BCUT2D eigenvalue weighted by atomic mass is 16.6. The highest BCUT2D eigenvalue weighted by Gasteiger charge is 2.37. The summed E-state index contributed by atoms with van der Waals surface area (Å²) in [6.45, 7) is 6.51. The monoisotopic (exact) mass is 314 g/mol. The summed E-state index contributed by atoms with van der Waals surface area (Å²) in [6.07, 6.45) is 6.54. The number of rotatable bonds is 3. The number of fused-ring (bicyclic) bond motifs is 2. The maximum absolute atomic E-state index is 12.0. The first-order valence-electron chi connectivity index (χ1n) is 8.41. The molecule has 23 heavy (non-hydrogen) atoms. The summed E-state index contributed by atoms with van der Waals surface area (Å²) in [5.41, 5.74) is 6.09. The van der Waals surface area contributed by atoms with Crippen molar-refractivity contribution in [3.8, 4) is 0 Å². The molecule has 4 aliphatic rings. The molecule has 2 saturated heterocycles. The van der Waals surface area contributed by atoms with Gasteiger partial charge in [-0.3, -0.25) is 4.99 Å². The zero-order chi connectivity index (χ0) is 16.0. The number of epoxide rings is 1. The second kappa shape index (κ2) is 5.64. The second-order valence-corrected chi connectivity index (χ2v) is 6.51. The Morgan fingerprint density at radius 3 is 3.09 bits per heavy atom. The van der Waals surface area contributed by atoms with Gasteiger partial charge in [-0.05, 0) is 43.4 Å². The van der Waals surface area contributed by atoms with E-state index in [9.17, 15) is 4.79 Å². The lowest BCUT2D eigenvalue weighted by atomic mass is 9.82. The van der Waals surface area contributed by atoms with Gasteiger partial charge in [0.2, 0.25) is 0 Å². The molecule has 0 radical (unpaired) electrons. The van der Waals surface area contributed by atoms with Gasteiger partial charge in [0, 0.05) is 12.5 Å². The molecule has 3 heterocycles. The van der Waals surface area contributed by atoms with Crippen LogP contribution in [-0.4, -0.2) is 49.1 Å². The minimum atomic E-state index is -0.235. The molecule has 5 heteroatoms. The third-order valence-electron chi connectivity index (χ3n) is 4.92. The summed E-state index contributed by atoms with van der Waals surface area (Å²) >= 11 is 0. The van der Waals surface area contributed by atoms with Gasteiger partial charge in [-0.1, -0.05) is 12.2 Å². The highest BCUT2D eigenvalue weighted by Crippen LogP contribution is 2.43. The van der Waals surface area contributed by atoms with Crippen LogP contribution in [0.2, 0.25) is 0 Å². The zero-order valence-electron chi connectivity index (χ0n) is 13.7. The van der Waals surface area contributed by atoms with Gasteiger partial charge in [0.25, 0.3) is 0 Å². The average Bonchev–Trinajstić information content (AvgIpc) is 3.27. The van der Waals surface area contributed by atoms with Crippen LogP contribution in [0.25, 0.3) is 0 Å². The van der Waals surface area contributed by atoms with Crippen LogP contribution in [-0.2, 0) is 9.47 Å². The number of carbonyl (C=O) groups excluding carboxylic acids is 1. The van der Waals surface area contributed by atoms with E-state index in [1.165, 1.54) is 16.7 Å². The molecule has 0 aromatic rings. The molecule has 1 amide bonds. The van der Waals surface area contributed by atoms with Crippen LogP contribution in [0.5, 0.6) is 0 Å². The molecule has 1 aliphatic carbocycles. The van der Waals surface area contributed by atoms with Crippen LogP contribution < -0.4 is 0 Å². The number of nitrogens with zero attached hydrogens (tertiary/aromatic N) is 2. The van der Waals surface area contributed by atoms with E-state index in [2.05, 4.69) is 19.1 Å². The molecule has 2 atom stereocenters. The zero-order valence-corrected chi connectivity index (χ0v) is 13.7. The Labute approximate surface area is 136 Å². The number of piperidine rings is 1. The molecule has 0 bridgehead atoms. The number of ether oxygens (including phenoxy) is 2. The SMILES string of the molecule is CCOC(=O)N1CCC2=C3C(=C(C)C=CC3CC3CO3)N=C2C1. The van der Waals surface area contributed by atoms with E-state index in [1.807, 2.05) is 6.92 Å². The first kappa shape index (κ1) is 14.7. The Balaban J connectivity index is 1.61. The Hall–Kier alpha value is -1.88. The average molecular weight is 314 g/mol. The number of hydrogen-bond acceptors (Lipinski definition) is 4. The van der Waals surface area contributed by atoms with Gasteiger partial charge in [-0.25, -0.2) is 4.79 Å². The standard InChI is InChI=1S/C18H22N2O3/c1-3-22-18(21)20-7-6-14-15(9-20)19-17-11(2)4-5-12(16(14)17)8-13-10-23-13/h4-5,12-13H,3,6-10H2,1-2H3. The van der Waals surface area contributed by atoms with Crippen molar-refractivity contribution in [3.63, 3.8) is 0 Å². The van der Waals surface area contributed by atoms with Crippen LogP contribution in [0.3, 0.4) is 0 Å². The van der Waals surface area contributed by atoms with Crippen LogP contribution in [0.4, 0.5) is 4.79 Å². The summed E-state index contributed by atoms with van der Waals surface area (Å²) in [4.78, 5) is 18.6. The van der Waals surface area contributed by atoms with Crippen molar-refractivity contribution in [1.82, 2.24) is 4.90 Å². The molecule has 0 saturated carbocycles. The van der Waals surface area contributed by atoms with Gasteiger partial charge in [0.05, 0.1) is 37.3 Å². The van der Waals surface area contributed by atoms with E-state index in [0.717, 1.165) is 30.9 Å². The van der Waals surface area contributed by atoms with E-state index in [4.69, 9.17) is 14.5 Å².